The van der Waals surface area contributed by atoms with E-state index in [-0.39, 0.29) is 23.8 Å². The number of piperidine rings is 1. The molecule has 9 heteroatoms. The molecule has 3 unspecified atom stereocenters. The van der Waals surface area contributed by atoms with Crippen LogP contribution >= 0.6 is 0 Å². The van der Waals surface area contributed by atoms with Gasteiger partial charge < -0.3 is 16.0 Å². The number of carbonyl (C=O) groups excluding carboxylic acids is 3. The van der Waals surface area contributed by atoms with E-state index in [0.717, 1.165) is 0 Å². The van der Waals surface area contributed by atoms with Crippen LogP contribution < -0.4 is 11.1 Å². The first-order valence-electron chi connectivity index (χ1n) is 7.77. The van der Waals surface area contributed by atoms with Crippen molar-refractivity contribution in [1.82, 2.24) is 10.2 Å². The lowest BCUT2D eigenvalue weighted by Gasteiger charge is -2.33. The summed E-state index contributed by atoms with van der Waals surface area (Å²) in [4.78, 5) is 36.9. The van der Waals surface area contributed by atoms with Gasteiger partial charge in [-0.15, -0.1) is 0 Å². The van der Waals surface area contributed by atoms with Crippen LogP contribution in [0.4, 0.5) is 13.2 Å². The summed E-state index contributed by atoms with van der Waals surface area (Å²) < 4.78 is 37.4. The number of carbonyl (C=O) groups is 3. The number of halogens is 3. The highest BCUT2D eigenvalue weighted by Crippen LogP contribution is 2.64. The van der Waals surface area contributed by atoms with Crippen molar-refractivity contribution in [3.05, 3.63) is 0 Å². The van der Waals surface area contributed by atoms with Crippen molar-refractivity contribution < 1.29 is 27.6 Å². The summed E-state index contributed by atoms with van der Waals surface area (Å²) in [5, 5.41) is 1.74. The van der Waals surface area contributed by atoms with Crippen molar-refractivity contribution in [3.63, 3.8) is 0 Å². The summed E-state index contributed by atoms with van der Waals surface area (Å²) in [7, 11) is 0. The first-order valence-corrected chi connectivity index (χ1v) is 7.77. The van der Waals surface area contributed by atoms with Crippen molar-refractivity contribution in [1.29, 1.82) is 0 Å². The molecular weight excluding hydrogens is 327 g/mol. The van der Waals surface area contributed by atoms with E-state index in [1.54, 1.807) is 5.32 Å². The smallest absolute Gasteiger partial charge is 0.368 e. The van der Waals surface area contributed by atoms with E-state index >= 15 is 0 Å². The van der Waals surface area contributed by atoms with Crippen LogP contribution in [0.15, 0.2) is 0 Å². The van der Waals surface area contributed by atoms with Crippen molar-refractivity contribution >= 4 is 17.7 Å². The predicted molar refractivity (Wildman–Crippen MR) is 78.3 cm³/mol. The largest absolute Gasteiger partial charge is 0.471 e. The number of amides is 3. The molecule has 1 heterocycles. The molecule has 0 aromatic heterocycles. The fraction of sp³-hybridized carbons (Fsp3) is 0.800. The lowest BCUT2D eigenvalue weighted by molar-refractivity contribution is -0.175. The van der Waals surface area contributed by atoms with Crippen LogP contribution in [-0.2, 0) is 14.4 Å². The zero-order chi connectivity index (χ0) is 18.6. The van der Waals surface area contributed by atoms with Crippen LogP contribution in [0.5, 0.6) is 0 Å². The molecule has 1 saturated heterocycles. The number of hydrogen-bond acceptors (Lipinski definition) is 3. The van der Waals surface area contributed by atoms with E-state index in [0.29, 0.717) is 0 Å². The molecule has 2 fully saturated rings. The van der Waals surface area contributed by atoms with E-state index in [1.165, 1.54) is 18.7 Å². The number of rotatable bonds is 4. The molecule has 0 spiro atoms. The number of primary amides is 1. The Balaban J connectivity index is 2.19. The zero-order valence-corrected chi connectivity index (χ0v) is 14.0. The van der Waals surface area contributed by atoms with Gasteiger partial charge in [-0.25, -0.2) is 0 Å². The number of fused-ring (bicyclic) bond motifs is 1. The van der Waals surface area contributed by atoms with Gasteiger partial charge >= 0.3 is 12.1 Å². The number of nitrogens with two attached hydrogens (primary N) is 1. The fourth-order valence-corrected chi connectivity index (χ4v) is 3.75. The molecule has 2 aliphatic rings. The number of nitrogens with one attached hydrogen (secondary N) is 1. The van der Waals surface area contributed by atoms with Crippen molar-refractivity contribution in [2.75, 3.05) is 6.54 Å². The highest BCUT2D eigenvalue weighted by atomic mass is 19.4. The topological polar surface area (TPSA) is 92.5 Å². The molecule has 0 radical (unpaired) electrons. The second-order valence-corrected chi connectivity index (χ2v) is 7.48. The first-order chi connectivity index (χ1) is 10.8. The van der Waals surface area contributed by atoms with Crippen molar-refractivity contribution in [3.8, 4) is 0 Å². The molecule has 1 aliphatic heterocycles. The van der Waals surface area contributed by atoms with Gasteiger partial charge in [0, 0.05) is 6.54 Å². The molecule has 3 N–H and O–H groups in total. The quantitative estimate of drug-likeness (QED) is 0.781. The summed E-state index contributed by atoms with van der Waals surface area (Å²) >= 11 is 0. The Morgan fingerprint density at radius 2 is 1.79 bits per heavy atom. The van der Waals surface area contributed by atoms with Crippen molar-refractivity contribution in [2.45, 2.75) is 46.0 Å². The maximum atomic E-state index is 12.7. The minimum Gasteiger partial charge on any atom is -0.368 e. The average molecular weight is 349 g/mol. The number of likely N-dealkylation sites (tertiary alicyclic amines) is 1. The molecule has 136 valence electrons. The minimum absolute atomic E-state index is 0.0880. The molecule has 0 aromatic rings. The molecule has 3 amide bonds. The summed E-state index contributed by atoms with van der Waals surface area (Å²) in [6, 6.07) is -2.21. The molecule has 4 atom stereocenters. The van der Waals surface area contributed by atoms with E-state index in [4.69, 9.17) is 5.73 Å². The van der Waals surface area contributed by atoms with E-state index in [1.807, 2.05) is 13.8 Å². The number of nitrogens with zero attached hydrogens (tertiary/aromatic N) is 1. The number of hydrogen-bond donors (Lipinski definition) is 2. The predicted octanol–water partition coefficient (Wildman–Crippen LogP) is 0.658. The van der Waals surface area contributed by atoms with Gasteiger partial charge in [-0.3, -0.25) is 14.4 Å². The third-order valence-electron chi connectivity index (χ3n) is 5.26. The van der Waals surface area contributed by atoms with Gasteiger partial charge in [0.25, 0.3) is 0 Å². The van der Waals surface area contributed by atoms with Crippen LogP contribution in [0.1, 0.15) is 27.7 Å². The molecule has 6 nitrogen and oxygen atoms in total. The zero-order valence-electron chi connectivity index (χ0n) is 14.0. The molecule has 2 rings (SSSR count). The molecule has 1 aliphatic carbocycles. The maximum Gasteiger partial charge on any atom is 0.471 e. The van der Waals surface area contributed by atoms with Gasteiger partial charge in [0.1, 0.15) is 12.1 Å². The lowest BCUT2D eigenvalue weighted by atomic mass is 9.97. The Morgan fingerprint density at radius 3 is 2.21 bits per heavy atom. The summed E-state index contributed by atoms with van der Waals surface area (Å²) in [5.74, 6) is -4.12. The molecule has 24 heavy (non-hydrogen) atoms. The Hall–Kier alpha value is -1.80. The van der Waals surface area contributed by atoms with Gasteiger partial charge in [0.2, 0.25) is 11.8 Å². The van der Waals surface area contributed by atoms with Crippen LogP contribution in [0, 0.1) is 23.2 Å². The van der Waals surface area contributed by atoms with Crippen LogP contribution in [-0.4, -0.2) is 47.4 Å². The summed E-state index contributed by atoms with van der Waals surface area (Å²) in [5.41, 5.74) is 5.28. The van der Waals surface area contributed by atoms with Gasteiger partial charge in [-0.05, 0) is 23.2 Å². The Bertz CT molecular complexity index is 574. The third-order valence-corrected chi connectivity index (χ3v) is 5.26. The van der Waals surface area contributed by atoms with Gasteiger partial charge in [0.15, 0.2) is 0 Å². The third kappa shape index (κ3) is 2.95. The van der Waals surface area contributed by atoms with Crippen LogP contribution in [0.3, 0.4) is 0 Å². The van der Waals surface area contributed by atoms with Crippen molar-refractivity contribution in [2.24, 2.45) is 28.9 Å². The lowest BCUT2D eigenvalue weighted by Crippen LogP contribution is -2.58. The molecule has 1 saturated carbocycles. The van der Waals surface area contributed by atoms with E-state index < -0.39 is 41.9 Å². The second kappa shape index (κ2) is 5.63. The highest BCUT2D eigenvalue weighted by Gasteiger charge is 2.69. The summed E-state index contributed by atoms with van der Waals surface area (Å²) in [6.07, 6.45) is -5.08. The normalized spacial score (nSPS) is 29.2. The van der Waals surface area contributed by atoms with Gasteiger partial charge in [-0.1, -0.05) is 27.7 Å². The molecule has 0 bridgehead atoms. The molecular formula is C15H22F3N3O3. The minimum atomic E-state index is -5.08. The molecule has 0 aromatic carbocycles. The van der Waals surface area contributed by atoms with Crippen LogP contribution in [0.25, 0.3) is 0 Å². The second-order valence-electron chi connectivity index (χ2n) is 7.48. The van der Waals surface area contributed by atoms with E-state index in [9.17, 15) is 27.6 Å². The van der Waals surface area contributed by atoms with E-state index in [2.05, 4.69) is 0 Å². The van der Waals surface area contributed by atoms with Gasteiger partial charge in [0.05, 0.1) is 0 Å². The number of alkyl halides is 3. The first kappa shape index (κ1) is 18.5. The van der Waals surface area contributed by atoms with Crippen LogP contribution in [0.2, 0.25) is 0 Å². The summed E-state index contributed by atoms with van der Waals surface area (Å²) in [6.45, 7) is 7.24. The Morgan fingerprint density at radius 1 is 1.25 bits per heavy atom. The monoisotopic (exact) mass is 349 g/mol. The highest BCUT2D eigenvalue weighted by molar-refractivity contribution is 5.94. The van der Waals surface area contributed by atoms with Gasteiger partial charge in [-0.2, -0.15) is 13.2 Å². The average Bonchev–Trinajstić information content (AvgIpc) is 2.82. The Kier molecular flexibility index (Phi) is 4.35. The standard InChI is InChI=1S/C15H22F3N3O3/c1-6(2)9(20-13(24)15(16,17)18)12(23)21-5-7-8(14(7,3)4)10(21)11(19)22/h6-10H,5H2,1-4H3,(H2,19,22)(H,20,24)/t7?,8?,9-,10?/m0/s1. The Labute approximate surface area is 137 Å². The SMILES string of the molecule is CC(C)[C@H](NC(=O)C(F)(F)F)C(=O)N1CC2C(C1C(N)=O)C2(C)C. The fourth-order valence-electron chi connectivity index (χ4n) is 3.75. The maximum absolute atomic E-state index is 12.7.